The highest BCUT2D eigenvalue weighted by atomic mass is 35.5. The minimum absolute atomic E-state index is 0.0297. The summed E-state index contributed by atoms with van der Waals surface area (Å²) in [6.45, 7) is 1.54. The van der Waals surface area contributed by atoms with E-state index in [0.717, 1.165) is 38.4 Å². The normalized spacial score (nSPS) is 14.5. The fourth-order valence-electron chi connectivity index (χ4n) is 3.23. The van der Waals surface area contributed by atoms with Crippen molar-refractivity contribution in [1.29, 1.82) is 0 Å². The molecule has 0 amide bonds. The number of ether oxygens (including phenoxy) is 1. The van der Waals surface area contributed by atoms with Crippen LogP contribution < -0.4 is 14.4 Å². The van der Waals surface area contributed by atoms with Gasteiger partial charge in [-0.3, -0.25) is 4.72 Å². The van der Waals surface area contributed by atoms with E-state index in [2.05, 4.69) is 9.62 Å². The second-order valence-corrected chi connectivity index (χ2v) is 9.07. The summed E-state index contributed by atoms with van der Waals surface area (Å²) in [4.78, 5) is 13.1. The van der Waals surface area contributed by atoms with E-state index in [1.54, 1.807) is 6.07 Å². The number of carboxylic acid groups (broad SMARTS) is 1. The maximum absolute atomic E-state index is 13.1. The van der Waals surface area contributed by atoms with Gasteiger partial charge in [-0.05, 0) is 49.6 Å². The summed E-state index contributed by atoms with van der Waals surface area (Å²) in [5.74, 6) is -1.21. The van der Waals surface area contributed by atoms with Crippen molar-refractivity contribution in [3.8, 4) is 5.75 Å². The van der Waals surface area contributed by atoms with Gasteiger partial charge in [-0.25, -0.2) is 13.2 Å². The Morgan fingerprint density at radius 2 is 1.76 bits per heavy atom. The van der Waals surface area contributed by atoms with Crippen LogP contribution in [0.2, 0.25) is 10.0 Å². The number of rotatable bonds is 6. The molecule has 29 heavy (non-hydrogen) atoms. The van der Waals surface area contributed by atoms with E-state index < -0.39 is 16.0 Å². The molecule has 3 rings (SSSR count). The first-order chi connectivity index (χ1) is 13.7. The van der Waals surface area contributed by atoms with E-state index in [9.17, 15) is 18.3 Å². The standard InChI is InChI=1S/C19H20Cl2N2O5S/c1-28-17-6-5-12(19(24)25)9-18(17)29(26,27)22-15-10-13(20)14(21)11-16(15)23-7-3-2-4-8-23/h5-6,9-11,22H,2-4,7-8H2,1H3,(H,24,25). The number of aromatic carboxylic acids is 1. The maximum atomic E-state index is 13.1. The maximum Gasteiger partial charge on any atom is 0.335 e. The number of hydrogen-bond acceptors (Lipinski definition) is 5. The quantitative estimate of drug-likeness (QED) is 0.661. The van der Waals surface area contributed by atoms with Gasteiger partial charge in [0.15, 0.2) is 0 Å². The van der Waals surface area contributed by atoms with Crippen LogP contribution in [0.3, 0.4) is 0 Å². The first-order valence-corrected chi connectivity index (χ1v) is 11.1. The first-order valence-electron chi connectivity index (χ1n) is 8.91. The topological polar surface area (TPSA) is 95.9 Å². The molecule has 1 fully saturated rings. The molecule has 0 aromatic heterocycles. The molecular formula is C19H20Cl2N2O5S. The third-order valence-electron chi connectivity index (χ3n) is 4.68. The van der Waals surface area contributed by atoms with Gasteiger partial charge in [-0.15, -0.1) is 0 Å². The van der Waals surface area contributed by atoms with Crippen molar-refractivity contribution < 1.29 is 23.1 Å². The molecule has 0 aliphatic carbocycles. The van der Waals surface area contributed by atoms with Gasteiger partial charge >= 0.3 is 5.97 Å². The molecule has 1 aliphatic rings. The molecule has 1 aliphatic heterocycles. The van der Waals surface area contributed by atoms with Crippen LogP contribution in [0.25, 0.3) is 0 Å². The summed E-state index contributed by atoms with van der Waals surface area (Å²) >= 11 is 12.3. The van der Waals surface area contributed by atoms with Crippen LogP contribution >= 0.6 is 23.2 Å². The Kier molecular flexibility index (Phi) is 6.45. The minimum Gasteiger partial charge on any atom is -0.495 e. The minimum atomic E-state index is -4.17. The molecule has 2 aromatic carbocycles. The number of carboxylic acids is 1. The molecule has 0 unspecified atom stereocenters. The Labute approximate surface area is 179 Å². The van der Waals surface area contributed by atoms with E-state index in [1.165, 1.54) is 25.3 Å². The van der Waals surface area contributed by atoms with Crippen molar-refractivity contribution in [3.05, 3.63) is 45.9 Å². The monoisotopic (exact) mass is 458 g/mol. The van der Waals surface area contributed by atoms with E-state index >= 15 is 0 Å². The van der Waals surface area contributed by atoms with Crippen LogP contribution in [0.5, 0.6) is 5.75 Å². The number of anilines is 2. The number of methoxy groups -OCH3 is 1. The summed E-state index contributed by atoms with van der Waals surface area (Å²) in [7, 11) is -2.86. The molecule has 0 radical (unpaired) electrons. The molecule has 7 nitrogen and oxygen atoms in total. The van der Waals surface area contributed by atoms with Crippen LogP contribution in [0.15, 0.2) is 35.2 Å². The predicted molar refractivity (Wildman–Crippen MR) is 113 cm³/mol. The van der Waals surface area contributed by atoms with Crippen molar-refractivity contribution in [2.75, 3.05) is 29.8 Å². The molecule has 10 heteroatoms. The van der Waals surface area contributed by atoms with Crippen molar-refractivity contribution in [3.63, 3.8) is 0 Å². The lowest BCUT2D eigenvalue weighted by molar-refractivity contribution is 0.0696. The number of nitrogens with zero attached hydrogens (tertiary/aromatic N) is 1. The lowest BCUT2D eigenvalue weighted by atomic mass is 10.1. The highest BCUT2D eigenvalue weighted by molar-refractivity contribution is 7.92. The number of benzene rings is 2. The fourth-order valence-corrected chi connectivity index (χ4v) is 4.82. The molecular weight excluding hydrogens is 439 g/mol. The zero-order chi connectivity index (χ0) is 21.2. The SMILES string of the molecule is COc1ccc(C(=O)O)cc1S(=O)(=O)Nc1cc(Cl)c(Cl)cc1N1CCCCC1. The first kappa shape index (κ1) is 21.5. The molecule has 0 atom stereocenters. The van der Waals surface area contributed by atoms with Crippen molar-refractivity contribution >= 4 is 50.6 Å². The van der Waals surface area contributed by atoms with Gasteiger partial charge in [0.05, 0.1) is 34.1 Å². The average molecular weight is 459 g/mol. The number of carbonyl (C=O) groups is 1. The number of sulfonamides is 1. The van der Waals surface area contributed by atoms with Gasteiger partial charge in [0.25, 0.3) is 10.0 Å². The van der Waals surface area contributed by atoms with E-state index in [1.807, 2.05) is 0 Å². The summed E-state index contributed by atoms with van der Waals surface area (Å²) < 4.78 is 33.9. The molecule has 0 spiro atoms. The van der Waals surface area contributed by atoms with E-state index in [0.29, 0.717) is 10.7 Å². The molecule has 1 saturated heterocycles. The Balaban J connectivity index is 2.06. The fraction of sp³-hybridized carbons (Fsp3) is 0.316. The zero-order valence-electron chi connectivity index (χ0n) is 15.6. The van der Waals surface area contributed by atoms with Crippen LogP contribution in [-0.2, 0) is 10.0 Å². The summed E-state index contributed by atoms with van der Waals surface area (Å²) in [5, 5.41) is 9.74. The Hall–Kier alpha value is -2.16. The van der Waals surface area contributed by atoms with Gasteiger partial charge in [0.1, 0.15) is 10.6 Å². The molecule has 2 aromatic rings. The van der Waals surface area contributed by atoms with Gasteiger partial charge in [0.2, 0.25) is 0 Å². The number of hydrogen-bond donors (Lipinski definition) is 2. The van der Waals surface area contributed by atoms with E-state index in [4.69, 9.17) is 27.9 Å². The summed E-state index contributed by atoms with van der Waals surface area (Å²) in [6, 6.07) is 6.73. The Morgan fingerprint density at radius 1 is 1.10 bits per heavy atom. The summed E-state index contributed by atoms with van der Waals surface area (Å²) in [6.07, 6.45) is 3.08. The van der Waals surface area contributed by atoms with Crippen LogP contribution in [0.4, 0.5) is 11.4 Å². The smallest absolute Gasteiger partial charge is 0.335 e. The highest BCUT2D eigenvalue weighted by Gasteiger charge is 2.25. The zero-order valence-corrected chi connectivity index (χ0v) is 17.9. The number of halogens is 2. The molecule has 2 N–H and O–H groups in total. The third kappa shape index (κ3) is 4.71. The average Bonchev–Trinajstić information content (AvgIpc) is 2.70. The van der Waals surface area contributed by atoms with Gasteiger partial charge in [-0.2, -0.15) is 0 Å². The third-order valence-corrected chi connectivity index (χ3v) is 6.79. The summed E-state index contributed by atoms with van der Waals surface area (Å²) in [5.41, 5.74) is 0.719. The lowest BCUT2D eigenvalue weighted by Gasteiger charge is -2.31. The predicted octanol–water partition coefficient (Wildman–Crippen LogP) is 4.49. The van der Waals surface area contributed by atoms with Gasteiger partial charge in [0, 0.05) is 13.1 Å². The Bertz CT molecular complexity index is 1040. The van der Waals surface area contributed by atoms with Gasteiger partial charge < -0.3 is 14.7 Å². The molecule has 1 heterocycles. The number of piperidine rings is 1. The molecule has 0 saturated carbocycles. The largest absolute Gasteiger partial charge is 0.495 e. The second-order valence-electron chi connectivity index (χ2n) is 6.61. The molecule has 156 valence electrons. The van der Waals surface area contributed by atoms with Crippen molar-refractivity contribution in [2.45, 2.75) is 24.2 Å². The highest BCUT2D eigenvalue weighted by Crippen LogP contribution is 2.38. The lowest BCUT2D eigenvalue weighted by Crippen LogP contribution is -2.30. The van der Waals surface area contributed by atoms with Crippen LogP contribution in [0.1, 0.15) is 29.6 Å². The van der Waals surface area contributed by atoms with Crippen LogP contribution in [0, 0.1) is 0 Å². The Morgan fingerprint density at radius 3 is 2.38 bits per heavy atom. The molecule has 0 bridgehead atoms. The second kappa shape index (κ2) is 8.69. The van der Waals surface area contributed by atoms with Crippen LogP contribution in [-0.4, -0.2) is 39.7 Å². The van der Waals surface area contributed by atoms with Crippen molar-refractivity contribution in [1.82, 2.24) is 0 Å². The number of nitrogens with one attached hydrogen (secondary N) is 1. The van der Waals surface area contributed by atoms with E-state index in [-0.39, 0.29) is 26.9 Å². The van der Waals surface area contributed by atoms with Gasteiger partial charge in [-0.1, -0.05) is 23.2 Å². The van der Waals surface area contributed by atoms with Crippen molar-refractivity contribution in [2.24, 2.45) is 0 Å².